The van der Waals surface area contributed by atoms with Crippen molar-refractivity contribution in [2.45, 2.75) is 59.5 Å². The van der Waals surface area contributed by atoms with Gasteiger partial charge in [0.1, 0.15) is 5.15 Å². The average Bonchev–Trinajstić information content (AvgIpc) is 2.41. The van der Waals surface area contributed by atoms with Crippen molar-refractivity contribution >= 4 is 11.6 Å². The molecule has 0 aromatic carbocycles. The van der Waals surface area contributed by atoms with E-state index in [9.17, 15) is 5.11 Å². The Morgan fingerprint density at radius 1 is 1.22 bits per heavy atom. The first-order chi connectivity index (χ1) is 8.02. The highest BCUT2D eigenvalue weighted by Gasteiger charge is 2.27. The highest BCUT2D eigenvalue weighted by atomic mass is 35.5. The smallest absolute Gasteiger partial charge is 0.130 e. The maximum Gasteiger partial charge on any atom is 0.130 e. The Balaban J connectivity index is 2.76. The maximum absolute atomic E-state index is 10.5. The molecule has 0 radical (unpaired) electrons. The third-order valence-corrected chi connectivity index (χ3v) is 3.71. The fourth-order valence-corrected chi connectivity index (χ4v) is 2.23. The van der Waals surface area contributed by atoms with E-state index < -0.39 is 5.60 Å². The minimum Gasteiger partial charge on any atom is -0.390 e. The minimum atomic E-state index is -0.731. The van der Waals surface area contributed by atoms with Crippen LogP contribution in [0.15, 0.2) is 0 Å². The highest BCUT2D eigenvalue weighted by Crippen LogP contribution is 2.30. The van der Waals surface area contributed by atoms with E-state index >= 15 is 0 Å². The van der Waals surface area contributed by atoms with Gasteiger partial charge in [0.05, 0.1) is 11.3 Å². The summed E-state index contributed by atoms with van der Waals surface area (Å²) in [4.78, 5) is 0. The van der Waals surface area contributed by atoms with Crippen molar-refractivity contribution in [3.63, 3.8) is 0 Å². The molecule has 0 bridgehead atoms. The molecule has 1 aromatic rings. The second kappa shape index (κ2) is 5.22. The first-order valence-corrected chi connectivity index (χ1v) is 6.80. The zero-order valence-electron chi connectivity index (χ0n) is 12.3. The van der Waals surface area contributed by atoms with Crippen LogP contribution in [0.4, 0.5) is 0 Å². The molecule has 1 heterocycles. The van der Waals surface area contributed by atoms with Gasteiger partial charge in [0.25, 0.3) is 0 Å². The summed E-state index contributed by atoms with van der Waals surface area (Å²) in [5, 5.41) is 15.4. The van der Waals surface area contributed by atoms with Gasteiger partial charge in [-0.05, 0) is 32.1 Å². The second-order valence-corrected chi connectivity index (χ2v) is 7.07. The van der Waals surface area contributed by atoms with Gasteiger partial charge < -0.3 is 5.11 Å². The molecule has 1 unspecified atom stereocenters. The number of rotatable bonds is 4. The van der Waals surface area contributed by atoms with Gasteiger partial charge in [0, 0.05) is 19.0 Å². The normalized spacial score (nSPS) is 15.8. The molecular formula is C14H25ClN2O. The summed E-state index contributed by atoms with van der Waals surface area (Å²) in [6.07, 6.45) is 2.31. The predicted molar refractivity (Wildman–Crippen MR) is 76.0 cm³/mol. The van der Waals surface area contributed by atoms with E-state index in [0.717, 1.165) is 24.1 Å². The fourth-order valence-electron chi connectivity index (χ4n) is 1.99. The molecule has 4 heteroatoms. The summed E-state index contributed by atoms with van der Waals surface area (Å²) in [7, 11) is 1.82. The zero-order valence-corrected chi connectivity index (χ0v) is 13.1. The summed E-state index contributed by atoms with van der Waals surface area (Å²) in [5.74, 6) is 0. The molecule has 0 fully saturated rings. The van der Waals surface area contributed by atoms with Gasteiger partial charge in [-0.25, -0.2) is 0 Å². The van der Waals surface area contributed by atoms with Crippen LogP contribution in [0.25, 0.3) is 0 Å². The van der Waals surface area contributed by atoms with Crippen molar-refractivity contribution < 1.29 is 5.11 Å². The van der Waals surface area contributed by atoms with Gasteiger partial charge in [0.2, 0.25) is 0 Å². The molecule has 0 aliphatic rings. The van der Waals surface area contributed by atoms with Gasteiger partial charge in [-0.1, -0.05) is 32.4 Å². The molecule has 0 aliphatic heterocycles. The molecular weight excluding hydrogens is 248 g/mol. The van der Waals surface area contributed by atoms with Crippen LogP contribution >= 0.6 is 11.6 Å². The zero-order chi connectivity index (χ0) is 14.1. The Labute approximate surface area is 115 Å². The summed E-state index contributed by atoms with van der Waals surface area (Å²) < 4.78 is 1.66. The van der Waals surface area contributed by atoms with Crippen molar-refractivity contribution in [1.29, 1.82) is 0 Å². The van der Waals surface area contributed by atoms with Crippen LogP contribution in [-0.4, -0.2) is 20.5 Å². The fraction of sp³-hybridized carbons (Fsp3) is 0.786. The van der Waals surface area contributed by atoms with E-state index in [1.807, 2.05) is 20.9 Å². The third kappa shape index (κ3) is 4.29. The molecule has 18 heavy (non-hydrogen) atoms. The monoisotopic (exact) mass is 272 g/mol. The largest absolute Gasteiger partial charge is 0.390 e. The molecule has 1 atom stereocenters. The van der Waals surface area contributed by atoms with E-state index in [4.69, 9.17) is 11.6 Å². The van der Waals surface area contributed by atoms with Crippen LogP contribution < -0.4 is 0 Å². The molecule has 1 rings (SSSR count). The quantitative estimate of drug-likeness (QED) is 0.911. The summed E-state index contributed by atoms with van der Waals surface area (Å²) in [6, 6.07) is 0. The SMILES string of the molecule is Cc1nn(C)c(Cl)c1CC(C)(O)CCC(C)(C)C. The summed E-state index contributed by atoms with van der Waals surface area (Å²) in [5.41, 5.74) is 1.36. The number of aryl methyl sites for hydroxylation is 2. The Kier molecular flexibility index (Phi) is 4.50. The lowest BCUT2D eigenvalue weighted by atomic mass is 9.83. The number of aliphatic hydroxyl groups is 1. The van der Waals surface area contributed by atoms with Gasteiger partial charge in [0.15, 0.2) is 0 Å². The maximum atomic E-state index is 10.5. The van der Waals surface area contributed by atoms with Gasteiger partial charge in [-0.15, -0.1) is 0 Å². The van der Waals surface area contributed by atoms with Crippen LogP contribution in [0.2, 0.25) is 5.15 Å². The van der Waals surface area contributed by atoms with Crippen LogP contribution in [0.5, 0.6) is 0 Å². The van der Waals surface area contributed by atoms with Crippen molar-refractivity contribution in [1.82, 2.24) is 9.78 Å². The van der Waals surface area contributed by atoms with Crippen molar-refractivity contribution in [3.05, 3.63) is 16.4 Å². The van der Waals surface area contributed by atoms with Crippen LogP contribution in [0.1, 0.15) is 51.8 Å². The molecule has 0 amide bonds. The third-order valence-electron chi connectivity index (χ3n) is 3.24. The molecule has 1 N–H and O–H groups in total. The van der Waals surface area contributed by atoms with Crippen molar-refractivity contribution in [2.24, 2.45) is 12.5 Å². The molecule has 1 aromatic heterocycles. The van der Waals surface area contributed by atoms with E-state index in [2.05, 4.69) is 25.9 Å². The first-order valence-electron chi connectivity index (χ1n) is 6.42. The predicted octanol–water partition coefficient (Wildman–Crippen LogP) is 3.50. The highest BCUT2D eigenvalue weighted by molar-refractivity contribution is 6.30. The Morgan fingerprint density at radius 3 is 2.17 bits per heavy atom. The average molecular weight is 273 g/mol. The number of hydrogen-bond donors (Lipinski definition) is 1. The van der Waals surface area contributed by atoms with Crippen LogP contribution in [0, 0.1) is 12.3 Å². The van der Waals surface area contributed by atoms with Crippen LogP contribution in [0.3, 0.4) is 0 Å². The lowest BCUT2D eigenvalue weighted by molar-refractivity contribution is 0.0395. The molecule has 0 saturated heterocycles. The molecule has 0 aliphatic carbocycles. The van der Waals surface area contributed by atoms with E-state index in [1.54, 1.807) is 4.68 Å². The van der Waals surface area contributed by atoms with Crippen LogP contribution in [-0.2, 0) is 13.5 Å². The van der Waals surface area contributed by atoms with Gasteiger partial charge in [-0.2, -0.15) is 5.10 Å². The molecule has 3 nitrogen and oxygen atoms in total. The van der Waals surface area contributed by atoms with E-state index in [0.29, 0.717) is 11.6 Å². The topological polar surface area (TPSA) is 38.0 Å². The molecule has 104 valence electrons. The Hall–Kier alpha value is -0.540. The molecule has 0 saturated carbocycles. The van der Waals surface area contributed by atoms with Gasteiger partial charge >= 0.3 is 0 Å². The van der Waals surface area contributed by atoms with Crippen molar-refractivity contribution in [2.75, 3.05) is 0 Å². The number of aromatic nitrogens is 2. The standard InChI is InChI=1S/C14H25ClN2O/c1-10-11(12(15)17(6)16-10)9-14(5,18)8-7-13(2,3)4/h18H,7-9H2,1-6H3. The number of nitrogens with zero attached hydrogens (tertiary/aromatic N) is 2. The van der Waals surface area contributed by atoms with Crippen molar-refractivity contribution in [3.8, 4) is 0 Å². The first kappa shape index (κ1) is 15.5. The molecule has 0 spiro atoms. The lowest BCUT2D eigenvalue weighted by Crippen LogP contribution is -2.29. The summed E-state index contributed by atoms with van der Waals surface area (Å²) >= 11 is 6.20. The minimum absolute atomic E-state index is 0.234. The van der Waals surface area contributed by atoms with E-state index in [1.165, 1.54) is 0 Å². The van der Waals surface area contributed by atoms with E-state index in [-0.39, 0.29) is 5.41 Å². The van der Waals surface area contributed by atoms with Gasteiger partial charge in [-0.3, -0.25) is 4.68 Å². The second-order valence-electron chi connectivity index (χ2n) is 6.71. The lowest BCUT2D eigenvalue weighted by Gasteiger charge is -2.27. The number of hydrogen-bond acceptors (Lipinski definition) is 2. The summed E-state index contributed by atoms with van der Waals surface area (Å²) in [6.45, 7) is 10.4. The Bertz CT molecular complexity index is 416. The Morgan fingerprint density at radius 2 is 1.78 bits per heavy atom. The number of halogens is 1.